The van der Waals surface area contributed by atoms with Crippen molar-refractivity contribution < 1.29 is 18.8 Å². The van der Waals surface area contributed by atoms with Gasteiger partial charge in [0.25, 0.3) is 5.91 Å². The van der Waals surface area contributed by atoms with E-state index in [1.54, 1.807) is 6.07 Å². The number of carbonyl (C=O) groups is 2. The van der Waals surface area contributed by atoms with Crippen LogP contribution in [0.25, 0.3) is 6.08 Å². The van der Waals surface area contributed by atoms with E-state index in [9.17, 15) is 14.9 Å². The van der Waals surface area contributed by atoms with Crippen molar-refractivity contribution in [2.75, 3.05) is 11.9 Å². The lowest BCUT2D eigenvalue weighted by Crippen LogP contribution is -2.21. The Kier molecular flexibility index (Phi) is 7.22. The van der Waals surface area contributed by atoms with Crippen molar-refractivity contribution in [2.45, 2.75) is 59.9 Å². The lowest BCUT2D eigenvalue weighted by atomic mass is 9.92. The van der Waals surface area contributed by atoms with Crippen LogP contribution in [0.4, 0.5) is 5.88 Å². The van der Waals surface area contributed by atoms with Crippen molar-refractivity contribution in [3.05, 3.63) is 40.4 Å². The first-order chi connectivity index (χ1) is 14.1. The van der Waals surface area contributed by atoms with Crippen LogP contribution in [0.3, 0.4) is 0 Å². The summed E-state index contributed by atoms with van der Waals surface area (Å²) >= 11 is 0. The highest BCUT2D eigenvalue weighted by atomic mass is 16.5. The van der Waals surface area contributed by atoms with Gasteiger partial charge in [0.05, 0.1) is 5.69 Å². The predicted molar refractivity (Wildman–Crippen MR) is 113 cm³/mol. The fraction of sp³-hybridized carbons (Fsp3) is 0.455. The van der Waals surface area contributed by atoms with Gasteiger partial charge in [-0.2, -0.15) is 5.26 Å². The fourth-order valence-electron chi connectivity index (χ4n) is 2.90. The Labute approximate surface area is 176 Å². The Balaban J connectivity index is 2.01. The number of aromatic nitrogens is 2. The van der Waals surface area contributed by atoms with Crippen molar-refractivity contribution in [1.82, 2.24) is 9.72 Å². The van der Waals surface area contributed by atoms with Crippen molar-refractivity contribution >= 4 is 23.8 Å². The van der Waals surface area contributed by atoms with Gasteiger partial charge in [0.1, 0.15) is 11.6 Å². The minimum absolute atomic E-state index is 0.167. The molecule has 0 bridgehead atoms. The van der Waals surface area contributed by atoms with Gasteiger partial charge in [0, 0.05) is 29.4 Å². The molecule has 2 rings (SSSR count). The van der Waals surface area contributed by atoms with Crippen molar-refractivity contribution in [2.24, 2.45) is 0 Å². The van der Waals surface area contributed by atoms with Crippen molar-refractivity contribution in [1.29, 1.82) is 5.26 Å². The average molecular weight is 412 g/mol. The number of hydrogen-bond acceptors (Lipinski definition) is 6. The molecule has 8 nitrogen and oxygen atoms in total. The maximum absolute atomic E-state index is 12.3. The van der Waals surface area contributed by atoms with Gasteiger partial charge in [-0.05, 0) is 38.0 Å². The SMILES string of the molecule is CCCn1c(C)cc(/C=C(\C#N)C(=O)OCC(=O)Nc2cc(C(C)(C)C)no2)c1C. The molecule has 0 saturated heterocycles. The van der Waals surface area contributed by atoms with E-state index in [0.29, 0.717) is 5.69 Å². The lowest BCUT2D eigenvalue weighted by Gasteiger charge is -2.12. The molecular weight excluding hydrogens is 384 g/mol. The molecule has 2 aromatic heterocycles. The molecule has 8 heteroatoms. The Hall–Kier alpha value is -3.34. The standard InChI is InChI=1S/C22H28N4O4/c1-7-8-26-14(2)9-16(15(26)3)10-17(12-23)21(28)29-13-19(27)24-20-11-18(25-30-20)22(4,5)6/h9-11H,7-8,13H2,1-6H3,(H,24,27)/b17-10+. The number of amides is 1. The van der Waals surface area contributed by atoms with Gasteiger partial charge in [-0.15, -0.1) is 0 Å². The third kappa shape index (κ3) is 5.60. The number of carbonyl (C=O) groups excluding carboxylic acids is 2. The Bertz CT molecular complexity index is 999. The average Bonchev–Trinajstić information content (AvgIpc) is 3.24. The third-order valence-electron chi connectivity index (χ3n) is 4.58. The van der Waals surface area contributed by atoms with Gasteiger partial charge < -0.3 is 13.8 Å². The van der Waals surface area contributed by atoms with Crippen LogP contribution in [0, 0.1) is 25.2 Å². The van der Waals surface area contributed by atoms with E-state index in [-0.39, 0.29) is 16.9 Å². The smallest absolute Gasteiger partial charge is 0.349 e. The summed E-state index contributed by atoms with van der Waals surface area (Å²) < 4.78 is 12.2. The number of aryl methyl sites for hydroxylation is 1. The van der Waals surface area contributed by atoms with Crippen LogP contribution < -0.4 is 5.32 Å². The molecule has 0 saturated carbocycles. The number of nitrogens with one attached hydrogen (secondary N) is 1. The number of anilines is 1. The van der Waals surface area contributed by atoms with Crippen LogP contribution in [-0.2, 0) is 26.3 Å². The number of nitriles is 1. The molecule has 0 atom stereocenters. The molecule has 2 heterocycles. The van der Waals surface area contributed by atoms with Gasteiger partial charge in [0.15, 0.2) is 6.61 Å². The van der Waals surface area contributed by atoms with Crippen molar-refractivity contribution in [3.8, 4) is 6.07 Å². The van der Waals surface area contributed by atoms with Gasteiger partial charge in [0.2, 0.25) is 5.88 Å². The van der Waals surface area contributed by atoms with E-state index in [2.05, 4.69) is 22.0 Å². The first-order valence-electron chi connectivity index (χ1n) is 9.79. The van der Waals surface area contributed by atoms with Gasteiger partial charge >= 0.3 is 5.97 Å². The number of nitrogens with zero attached hydrogens (tertiary/aromatic N) is 3. The molecule has 160 valence electrons. The molecule has 0 aliphatic heterocycles. The number of ether oxygens (including phenoxy) is 1. The predicted octanol–water partition coefficient (Wildman–Crippen LogP) is 3.89. The molecule has 0 radical (unpaired) electrons. The molecular formula is C22H28N4O4. The summed E-state index contributed by atoms with van der Waals surface area (Å²) in [5.41, 5.74) is 3.08. The highest BCUT2D eigenvalue weighted by Gasteiger charge is 2.20. The van der Waals surface area contributed by atoms with E-state index in [0.717, 1.165) is 29.9 Å². The summed E-state index contributed by atoms with van der Waals surface area (Å²) in [6.45, 7) is 12.2. The Morgan fingerprint density at radius 1 is 1.33 bits per heavy atom. The summed E-state index contributed by atoms with van der Waals surface area (Å²) in [5.74, 6) is -1.28. The first kappa shape index (κ1) is 22.9. The minimum Gasteiger partial charge on any atom is -0.451 e. The first-order valence-corrected chi connectivity index (χ1v) is 9.79. The largest absolute Gasteiger partial charge is 0.451 e. The second-order valence-electron chi connectivity index (χ2n) is 8.10. The number of esters is 1. The van der Waals surface area contributed by atoms with E-state index in [1.165, 1.54) is 6.08 Å². The lowest BCUT2D eigenvalue weighted by molar-refractivity contribution is -0.142. The van der Waals surface area contributed by atoms with Crippen molar-refractivity contribution in [3.63, 3.8) is 0 Å². The van der Waals surface area contributed by atoms with E-state index in [1.807, 2.05) is 46.8 Å². The molecule has 0 aliphatic rings. The zero-order valence-corrected chi connectivity index (χ0v) is 18.3. The maximum atomic E-state index is 12.3. The maximum Gasteiger partial charge on any atom is 0.349 e. The third-order valence-corrected chi connectivity index (χ3v) is 4.58. The van der Waals surface area contributed by atoms with E-state index in [4.69, 9.17) is 9.26 Å². The Morgan fingerprint density at radius 2 is 2.03 bits per heavy atom. The monoisotopic (exact) mass is 412 g/mol. The second-order valence-corrected chi connectivity index (χ2v) is 8.10. The van der Waals surface area contributed by atoms with Crippen LogP contribution in [0.2, 0.25) is 0 Å². The quantitative estimate of drug-likeness (QED) is 0.420. The number of rotatable bonds is 7. The molecule has 0 spiro atoms. The number of hydrogen-bond donors (Lipinski definition) is 1. The van der Waals surface area contributed by atoms with Crippen LogP contribution in [0.1, 0.15) is 56.8 Å². The van der Waals surface area contributed by atoms with Gasteiger partial charge in [-0.1, -0.05) is 32.9 Å². The normalized spacial score (nSPS) is 11.8. The van der Waals surface area contributed by atoms with Crippen LogP contribution in [0.15, 0.2) is 22.2 Å². The summed E-state index contributed by atoms with van der Waals surface area (Å²) in [6.07, 6.45) is 2.46. The summed E-state index contributed by atoms with van der Waals surface area (Å²) in [4.78, 5) is 24.3. The molecule has 1 amide bonds. The highest BCUT2D eigenvalue weighted by molar-refractivity contribution is 6.00. The summed E-state index contributed by atoms with van der Waals surface area (Å²) in [5, 5.41) is 15.7. The molecule has 30 heavy (non-hydrogen) atoms. The molecule has 0 aliphatic carbocycles. The molecule has 0 aromatic carbocycles. The highest BCUT2D eigenvalue weighted by Crippen LogP contribution is 2.23. The van der Waals surface area contributed by atoms with Crippen LogP contribution >= 0.6 is 0 Å². The second kappa shape index (κ2) is 9.44. The van der Waals surface area contributed by atoms with Crippen LogP contribution in [0.5, 0.6) is 0 Å². The molecule has 1 N–H and O–H groups in total. The van der Waals surface area contributed by atoms with E-state index >= 15 is 0 Å². The Morgan fingerprint density at radius 3 is 2.60 bits per heavy atom. The van der Waals surface area contributed by atoms with Gasteiger partial charge in [-0.25, -0.2) is 4.79 Å². The zero-order chi connectivity index (χ0) is 22.5. The topological polar surface area (TPSA) is 110 Å². The molecule has 0 fully saturated rings. The molecule has 0 unspecified atom stereocenters. The van der Waals surface area contributed by atoms with Crippen LogP contribution in [-0.4, -0.2) is 28.2 Å². The minimum atomic E-state index is -0.860. The molecule has 2 aromatic rings. The zero-order valence-electron chi connectivity index (χ0n) is 18.3. The van der Waals surface area contributed by atoms with E-state index < -0.39 is 18.5 Å². The fourth-order valence-corrected chi connectivity index (χ4v) is 2.90. The van der Waals surface area contributed by atoms with Gasteiger partial charge in [-0.3, -0.25) is 10.1 Å². The summed E-state index contributed by atoms with van der Waals surface area (Å²) in [6, 6.07) is 5.38. The summed E-state index contributed by atoms with van der Waals surface area (Å²) in [7, 11) is 0.